The topological polar surface area (TPSA) is 107 Å². The van der Waals surface area contributed by atoms with Crippen molar-refractivity contribution in [3.05, 3.63) is 35.4 Å². The van der Waals surface area contributed by atoms with Crippen molar-refractivity contribution in [3.63, 3.8) is 0 Å². The van der Waals surface area contributed by atoms with E-state index >= 15 is 0 Å². The van der Waals surface area contributed by atoms with Crippen LogP contribution in [0, 0.1) is 0 Å². The van der Waals surface area contributed by atoms with Gasteiger partial charge in [-0.25, -0.2) is 0 Å². The average Bonchev–Trinajstić information content (AvgIpc) is 2.48. The zero-order valence-electron chi connectivity index (χ0n) is 11.3. The number of carbonyl (C=O) groups is 3. The number of hydrogen-bond acceptors (Lipinski definition) is 4. The average molecular weight is 292 g/mol. The maximum atomic E-state index is 12.4. The Hall–Kier alpha value is -2.41. The molecule has 7 nitrogen and oxygen atoms in total. The molecule has 1 unspecified atom stereocenters. The summed E-state index contributed by atoms with van der Waals surface area (Å²) < 4.78 is 0. The summed E-state index contributed by atoms with van der Waals surface area (Å²) >= 11 is 0. The summed E-state index contributed by atoms with van der Waals surface area (Å²) in [5.41, 5.74) is 1.03. The second kappa shape index (κ2) is 6.36. The van der Waals surface area contributed by atoms with Gasteiger partial charge in [-0.05, 0) is 17.7 Å². The van der Waals surface area contributed by atoms with Crippen LogP contribution in [0.5, 0.6) is 0 Å². The van der Waals surface area contributed by atoms with E-state index in [1.165, 1.54) is 4.90 Å². The highest BCUT2D eigenvalue weighted by molar-refractivity contribution is 5.99. The van der Waals surface area contributed by atoms with Crippen LogP contribution in [-0.2, 0) is 16.2 Å². The van der Waals surface area contributed by atoms with Crippen LogP contribution in [0.1, 0.15) is 22.3 Å². The van der Waals surface area contributed by atoms with E-state index in [-0.39, 0.29) is 19.1 Å². The Morgan fingerprint density at radius 1 is 1.29 bits per heavy atom. The SMILES string of the molecule is O=C(O)CC1C(=O)NCCN1C(=O)c1ccc(CO)cc1. The van der Waals surface area contributed by atoms with E-state index in [9.17, 15) is 14.4 Å². The molecule has 3 N–H and O–H groups in total. The molecular formula is C14H16N2O5. The van der Waals surface area contributed by atoms with E-state index in [1.54, 1.807) is 24.3 Å². The van der Waals surface area contributed by atoms with Crippen molar-refractivity contribution < 1.29 is 24.6 Å². The van der Waals surface area contributed by atoms with Crippen LogP contribution in [0.4, 0.5) is 0 Å². The first-order valence-electron chi connectivity index (χ1n) is 6.53. The van der Waals surface area contributed by atoms with Crippen LogP contribution in [0.15, 0.2) is 24.3 Å². The van der Waals surface area contributed by atoms with Crippen molar-refractivity contribution in [1.29, 1.82) is 0 Å². The Morgan fingerprint density at radius 3 is 2.52 bits per heavy atom. The number of carboxylic acids is 1. The van der Waals surface area contributed by atoms with Gasteiger partial charge in [0.2, 0.25) is 5.91 Å². The van der Waals surface area contributed by atoms with Gasteiger partial charge in [-0.3, -0.25) is 14.4 Å². The van der Waals surface area contributed by atoms with Gasteiger partial charge in [0.05, 0.1) is 13.0 Å². The number of hydrogen-bond donors (Lipinski definition) is 3. The molecule has 0 saturated carbocycles. The molecule has 1 aromatic rings. The van der Waals surface area contributed by atoms with Gasteiger partial charge in [0, 0.05) is 18.7 Å². The molecular weight excluding hydrogens is 276 g/mol. The first-order valence-corrected chi connectivity index (χ1v) is 6.53. The lowest BCUT2D eigenvalue weighted by atomic mass is 10.1. The number of carboxylic acid groups (broad SMARTS) is 1. The molecule has 0 aliphatic carbocycles. The molecule has 0 radical (unpaired) electrons. The largest absolute Gasteiger partial charge is 0.481 e. The number of rotatable bonds is 4. The summed E-state index contributed by atoms with van der Waals surface area (Å²) in [5, 5.41) is 20.4. The Balaban J connectivity index is 2.21. The third-order valence-electron chi connectivity index (χ3n) is 3.34. The van der Waals surface area contributed by atoms with Crippen LogP contribution in [-0.4, -0.2) is 52.0 Å². The predicted octanol–water partition coefficient (Wildman–Crippen LogP) is -0.406. The van der Waals surface area contributed by atoms with Crippen LogP contribution in [0.25, 0.3) is 0 Å². The second-order valence-electron chi connectivity index (χ2n) is 4.76. The van der Waals surface area contributed by atoms with Gasteiger partial charge in [0.25, 0.3) is 5.91 Å². The number of aliphatic carboxylic acids is 1. The van der Waals surface area contributed by atoms with Gasteiger partial charge in [0.1, 0.15) is 6.04 Å². The van der Waals surface area contributed by atoms with E-state index in [1.807, 2.05) is 0 Å². The number of carbonyl (C=O) groups excluding carboxylic acids is 2. The number of piperazine rings is 1. The number of nitrogens with zero attached hydrogens (tertiary/aromatic N) is 1. The van der Waals surface area contributed by atoms with Crippen LogP contribution >= 0.6 is 0 Å². The molecule has 112 valence electrons. The fourth-order valence-electron chi connectivity index (χ4n) is 2.24. The second-order valence-corrected chi connectivity index (χ2v) is 4.76. The standard InChI is InChI=1S/C14H16N2O5/c17-8-9-1-3-10(4-2-9)14(21)16-6-5-15-13(20)11(16)7-12(18)19/h1-4,11,17H,5-8H2,(H,15,20)(H,18,19). The zero-order chi connectivity index (χ0) is 15.4. The molecule has 1 aliphatic heterocycles. The lowest BCUT2D eigenvalue weighted by Gasteiger charge is -2.34. The predicted molar refractivity (Wildman–Crippen MR) is 72.5 cm³/mol. The van der Waals surface area contributed by atoms with Crippen LogP contribution < -0.4 is 5.32 Å². The van der Waals surface area contributed by atoms with E-state index in [2.05, 4.69) is 5.32 Å². The molecule has 1 atom stereocenters. The van der Waals surface area contributed by atoms with Crippen molar-refractivity contribution in [2.45, 2.75) is 19.1 Å². The van der Waals surface area contributed by atoms with Crippen molar-refractivity contribution in [2.24, 2.45) is 0 Å². The summed E-state index contributed by atoms with van der Waals surface area (Å²) in [4.78, 5) is 36.3. The minimum Gasteiger partial charge on any atom is -0.481 e. The highest BCUT2D eigenvalue weighted by Gasteiger charge is 2.34. The van der Waals surface area contributed by atoms with Crippen LogP contribution in [0.3, 0.4) is 0 Å². The molecule has 0 bridgehead atoms. The number of amides is 2. The van der Waals surface area contributed by atoms with Crippen molar-refractivity contribution >= 4 is 17.8 Å². The summed E-state index contributed by atoms with van der Waals surface area (Å²) in [6.45, 7) is 0.446. The summed E-state index contributed by atoms with van der Waals surface area (Å²) in [6, 6.07) is 5.34. The first-order chi connectivity index (χ1) is 10.0. The Bertz CT molecular complexity index is 555. The lowest BCUT2D eigenvalue weighted by Crippen LogP contribution is -2.57. The summed E-state index contributed by atoms with van der Waals surface area (Å²) in [5.74, 6) is -1.98. The first kappa shape index (κ1) is 15.0. The summed E-state index contributed by atoms with van der Waals surface area (Å²) in [6.07, 6.45) is -0.424. The molecule has 1 saturated heterocycles. The van der Waals surface area contributed by atoms with E-state index in [0.717, 1.165) is 0 Å². The minimum absolute atomic E-state index is 0.123. The highest BCUT2D eigenvalue weighted by atomic mass is 16.4. The van der Waals surface area contributed by atoms with Gasteiger partial charge in [-0.15, -0.1) is 0 Å². The Kier molecular flexibility index (Phi) is 4.54. The smallest absolute Gasteiger partial charge is 0.305 e. The van der Waals surface area contributed by atoms with Gasteiger partial charge >= 0.3 is 5.97 Å². The van der Waals surface area contributed by atoms with Gasteiger partial charge in [-0.1, -0.05) is 12.1 Å². The van der Waals surface area contributed by atoms with E-state index < -0.39 is 24.3 Å². The minimum atomic E-state index is -1.13. The molecule has 1 aromatic carbocycles. The number of nitrogens with one attached hydrogen (secondary N) is 1. The molecule has 7 heteroatoms. The third kappa shape index (κ3) is 3.38. The van der Waals surface area contributed by atoms with Crippen molar-refractivity contribution in [1.82, 2.24) is 10.2 Å². The van der Waals surface area contributed by atoms with Gasteiger partial charge < -0.3 is 20.4 Å². The van der Waals surface area contributed by atoms with Gasteiger partial charge in [-0.2, -0.15) is 0 Å². The molecule has 0 spiro atoms. The maximum Gasteiger partial charge on any atom is 0.305 e. The van der Waals surface area contributed by atoms with E-state index in [4.69, 9.17) is 10.2 Å². The fraction of sp³-hybridized carbons (Fsp3) is 0.357. The monoisotopic (exact) mass is 292 g/mol. The summed E-state index contributed by atoms with van der Waals surface area (Å²) in [7, 11) is 0. The Morgan fingerprint density at radius 2 is 1.95 bits per heavy atom. The molecule has 2 rings (SSSR count). The van der Waals surface area contributed by atoms with E-state index in [0.29, 0.717) is 17.7 Å². The fourth-order valence-corrected chi connectivity index (χ4v) is 2.24. The van der Waals surface area contributed by atoms with Crippen LogP contribution in [0.2, 0.25) is 0 Å². The molecule has 2 amide bonds. The number of benzene rings is 1. The molecule has 1 heterocycles. The molecule has 1 fully saturated rings. The lowest BCUT2D eigenvalue weighted by molar-refractivity contribution is -0.142. The number of aliphatic hydroxyl groups is 1. The Labute approximate surface area is 121 Å². The quantitative estimate of drug-likeness (QED) is 0.699. The van der Waals surface area contributed by atoms with Crippen molar-refractivity contribution in [2.75, 3.05) is 13.1 Å². The highest BCUT2D eigenvalue weighted by Crippen LogP contribution is 2.15. The third-order valence-corrected chi connectivity index (χ3v) is 3.34. The number of aliphatic hydroxyl groups excluding tert-OH is 1. The molecule has 21 heavy (non-hydrogen) atoms. The maximum absolute atomic E-state index is 12.4. The van der Waals surface area contributed by atoms with Crippen molar-refractivity contribution in [3.8, 4) is 0 Å². The normalized spacial score (nSPS) is 18.2. The zero-order valence-corrected chi connectivity index (χ0v) is 11.3. The molecule has 0 aromatic heterocycles. The van der Waals surface area contributed by atoms with Gasteiger partial charge in [0.15, 0.2) is 0 Å². The molecule has 1 aliphatic rings.